The molecule has 3 nitrogen and oxygen atoms in total. The Balaban J connectivity index is 2.91. The summed E-state index contributed by atoms with van der Waals surface area (Å²) in [6.45, 7) is 4.21. The van der Waals surface area contributed by atoms with Crippen molar-refractivity contribution in [2.75, 3.05) is 13.9 Å². The molecule has 3 heteroatoms. The summed E-state index contributed by atoms with van der Waals surface area (Å²) in [6.07, 6.45) is 0. The van der Waals surface area contributed by atoms with Crippen LogP contribution in [0.1, 0.15) is 24.1 Å². The molecule has 0 aliphatic rings. The van der Waals surface area contributed by atoms with Gasteiger partial charge in [-0.15, -0.1) is 0 Å². The molecule has 0 saturated heterocycles. The van der Waals surface area contributed by atoms with Crippen molar-refractivity contribution in [1.29, 1.82) is 0 Å². The van der Waals surface area contributed by atoms with Gasteiger partial charge in [0.15, 0.2) is 6.79 Å². The van der Waals surface area contributed by atoms with Gasteiger partial charge >= 0.3 is 0 Å². The predicted octanol–water partition coefficient (Wildman–Crippen LogP) is 2.00. The monoisotopic (exact) mass is 195 g/mol. The molecule has 0 spiro atoms. The first-order valence-electron chi connectivity index (χ1n) is 4.63. The summed E-state index contributed by atoms with van der Waals surface area (Å²) >= 11 is 0. The van der Waals surface area contributed by atoms with Gasteiger partial charge < -0.3 is 15.2 Å². The van der Waals surface area contributed by atoms with Gasteiger partial charge in [-0.05, 0) is 25.5 Å². The first kappa shape index (κ1) is 11.0. The van der Waals surface area contributed by atoms with Crippen molar-refractivity contribution in [2.24, 2.45) is 5.73 Å². The second kappa shape index (κ2) is 4.98. The third kappa shape index (κ3) is 2.72. The predicted molar refractivity (Wildman–Crippen MR) is 56.3 cm³/mol. The molecule has 2 N–H and O–H groups in total. The van der Waals surface area contributed by atoms with Crippen LogP contribution in [0.15, 0.2) is 18.2 Å². The Bertz CT molecular complexity index is 297. The zero-order valence-electron chi connectivity index (χ0n) is 8.91. The molecule has 1 aromatic rings. The number of ether oxygens (including phenoxy) is 2. The minimum atomic E-state index is -0.0255. The van der Waals surface area contributed by atoms with Gasteiger partial charge in [0.2, 0.25) is 0 Å². The number of methoxy groups -OCH3 is 1. The average Bonchev–Trinajstić information content (AvgIpc) is 2.14. The Labute approximate surface area is 84.8 Å². The average molecular weight is 195 g/mol. The number of hydrogen-bond acceptors (Lipinski definition) is 3. The van der Waals surface area contributed by atoms with Gasteiger partial charge in [0.05, 0.1) is 0 Å². The lowest BCUT2D eigenvalue weighted by molar-refractivity contribution is 0.0502. The summed E-state index contributed by atoms with van der Waals surface area (Å²) < 4.78 is 10.3. The third-order valence-electron chi connectivity index (χ3n) is 1.99. The Morgan fingerprint density at radius 3 is 2.71 bits per heavy atom. The lowest BCUT2D eigenvalue weighted by Gasteiger charge is -2.13. The molecule has 0 bridgehead atoms. The van der Waals surface area contributed by atoms with E-state index in [-0.39, 0.29) is 12.8 Å². The summed E-state index contributed by atoms with van der Waals surface area (Å²) in [4.78, 5) is 0. The third-order valence-corrected chi connectivity index (χ3v) is 1.99. The Morgan fingerprint density at radius 2 is 2.14 bits per heavy atom. The SMILES string of the molecule is COCOc1cc(C)ccc1C(C)N. The minimum Gasteiger partial charge on any atom is -0.467 e. The van der Waals surface area contributed by atoms with Crippen molar-refractivity contribution in [3.05, 3.63) is 29.3 Å². The lowest BCUT2D eigenvalue weighted by Crippen LogP contribution is -2.09. The molecule has 0 fully saturated rings. The van der Waals surface area contributed by atoms with Crippen LogP contribution in [0.4, 0.5) is 0 Å². The molecule has 0 aliphatic heterocycles. The van der Waals surface area contributed by atoms with E-state index in [1.54, 1.807) is 7.11 Å². The molecule has 0 aromatic heterocycles. The molecule has 0 saturated carbocycles. The van der Waals surface area contributed by atoms with E-state index >= 15 is 0 Å². The smallest absolute Gasteiger partial charge is 0.188 e. The van der Waals surface area contributed by atoms with Crippen LogP contribution < -0.4 is 10.5 Å². The zero-order chi connectivity index (χ0) is 10.6. The lowest BCUT2D eigenvalue weighted by atomic mass is 10.1. The van der Waals surface area contributed by atoms with Crippen molar-refractivity contribution >= 4 is 0 Å². The standard InChI is InChI=1S/C11H17NO2/c1-8-4-5-10(9(2)12)11(6-8)14-7-13-3/h4-6,9H,7,12H2,1-3H3. The maximum Gasteiger partial charge on any atom is 0.188 e. The Hall–Kier alpha value is -1.06. The van der Waals surface area contributed by atoms with Gasteiger partial charge in [-0.3, -0.25) is 0 Å². The molecule has 0 radical (unpaired) electrons. The first-order valence-corrected chi connectivity index (χ1v) is 4.63. The number of rotatable bonds is 4. The van der Waals surface area contributed by atoms with Crippen LogP contribution in [-0.2, 0) is 4.74 Å². The number of aryl methyl sites for hydroxylation is 1. The van der Waals surface area contributed by atoms with Gasteiger partial charge in [0.25, 0.3) is 0 Å². The van der Waals surface area contributed by atoms with E-state index < -0.39 is 0 Å². The molecule has 14 heavy (non-hydrogen) atoms. The van der Waals surface area contributed by atoms with E-state index in [0.717, 1.165) is 16.9 Å². The summed E-state index contributed by atoms with van der Waals surface area (Å²) in [7, 11) is 1.60. The van der Waals surface area contributed by atoms with Crippen molar-refractivity contribution in [2.45, 2.75) is 19.9 Å². The highest BCUT2D eigenvalue weighted by atomic mass is 16.7. The highest BCUT2D eigenvalue weighted by molar-refractivity contribution is 5.38. The van der Waals surface area contributed by atoms with Crippen molar-refractivity contribution in [3.63, 3.8) is 0 Å². The van der Waals surface area contributed by atoms with E-state index in [4.69, 9.17) is 15.2 Å². The first-order chi connectivity index (χ1) is 6.65. The highest BCUT2D eigenvalue weighted by Gasteiger charge is 2.07. The summed E-state index contributed by atoms with van der Waals surface area (Å²) in [5, 5.41) is 0. The molecule has 78 valence electrons. The summed E-state index contributed by atoms with van der Waals surface area (Å²) in [5.74, 6) is 0.807. The van der Waals surface area contributed by atoms with Crippen LogP contribution in [0.3, 0.4) is 0 Å². The maximum absolute atomic E-state index is 5.82. The van der Waals surface area contributed by atoms with Crippen LogP contribution in [0.25, 0.3) is 0 Å². The maximum atomic E-state index is 5.82. The topological polar surface area (TPSA) is 44.5 Å². The fourth-order valence-corrected chi connectivity index (χ4v) is 1.27. The van der Waals surface area contributed by atoms with Crippen molar-refractivity contribution in [3.8, 4) is 5.75 Å². The molecule has 1 aromatic carbocycles. The zero-order valence-corrected chi connectivity index (χ0v) is 8.91. The fourth-order valence-electron chi connectivity index (χ4n) is 1.27. The van der Waals surface area contributed by atoms with Gasteiger partial charge in [-0.2, -0.15) is 0 Å². The highest BCUT2D eigenvalue weighted by Crippen LogP contribution is 2.24. The molecule has 0 amide bonds. The van der Waals surface area contributed by atoms with Crippen LogP contribution >= 0.6 is 0 Å². The molecule has 1 rings (SSSR count). The number of nitrogens with two attached hydrogens (primary N) is 1. The van der Waals surface area contributed by atoms with Gasteiger partial charge in [-0.1, -0.05) is 12.1 Å². The summed E-state index contributed by atoms with van der Waals surface area (Å²) in [5.41, 5.74) is 7.98. The van der Waals surface area contributed by atoms with Gasteiger partial charge in [0, 0.05) is 18.7 Å². The largest absolute Gasteiger partial charge is 0.467 e. The Morgan fingerprint density at radius 1 is 1.43 bits per heavy atom. The molecule has 0 heterocycles. The molecule has 1 atom stereocenters. The quantitative estimate of drug-likeness (QED) is 0.747. The minimum absolute atomic E-state index is 0.0255. The van der Waals surface area contributed by atoms with Crippen molar-refractivity contribution in [1.82, 2.24) is 0 Å². The van der Waals surface area contributed by atoms with Gasteiger partial charge in [-0.25, -0.2) is 0 Å². The van der Waals surface area contributed by atoms with E-state index in [9.17, 15) is 0 Å². The molecular formula is C11H17NO2. The van der Waals surface area contributed by atoms with E-state index in [1.165, 1.54) is 0 Å². The summed E-state index contributed by atoms with van der Waals surface area (Å²) in [6, 6.07) is 5.96. The van der Waals surface area contributed by atoms with Gasteiger partial charge in [0.1, 0.15) is 5.75 Å². The van der Waals surface area contributed by atoms with Crippen LogP contribution in [-0.4, -0.2) is 13.9 Å². The van der Waals surface area contributed by atoms with Crippen molar-refractivity contribution < 1.29 is 9.47 Å². The second-order valence-electron chi connectivity index (χ2n) is 3.38. The van der Waals surface area contributed by atoms with Crippen LogP contribution in [0, 0.1) is 6.92 Å². The Kier molecular flexibility index (Phi) is 3.92. The van der Waals surface area contributed by atoms with Crippen LogP contribution in [0.5, 0.6) is 5.75 Å². The van der Waals surface area contributed by atoms with E-state index in [0.29, 0.717) is 0 Å². The van der Waals surface area contributed by atoms with E-state index in [2.05, 4.69) is 0 Å². The van der Waals surface area contributed by atoms with Crippen LogP contribution in [0.2, 0.25) is 0 Å². The normalized spacial score (nSPS) is 12.6. The fraction of sp³-hybridized carbons (Fsp3) is 0.455. The molecule has 0 aliphatic carbocycles. The number of hydrogen-bond donors (Lipinski definition) is 1. The second-order valence-corrected chi connectivity index (χ2v) is 3.38. The molecule has 1 unspecified atom stereocenters. The number of benzene rings is 1. The van der Waals surface area contributed by atoms with E-state index in [1.807, 2.05) is 32.0 Å². The molecular weight excluding hydrogens is 178 g/mol.